The minimum absolute atomic E-state index is 0.139. The molecular weight excluding hydrogens is 170 g/mol. The molecule has 1 nitrogen and oxygen atoms in total. The first-order valence-electron chi connectivity index (χ1n) is 5.52. The summed E-state index contributed by atoms with van der Waals surface area (Å²) in [5.74, 6) is 6.42. The maximum Gasteiger partial charge on any atom is 0.0578 e. The Labute approximate surface area is 88.7 Å². The Morgan fingerprint density at radius 3 is 2.29 bits per heavy atom. The highest BCUT2D eigenvalue weighted by atomic mass is 14.9. The SMILES string of the molecule is CC(C)(C)C#CCNC1CC(C)(C)C1. The molecule has 1 N–H and O–H groups in total. The van der Waals surface area contributed by atoms with Crippen molar-refractivity contribution in [2.45, 2.75) is 53.5 Å². The van der Waals surface area contributed by atoms with Crippen LogP contribution in [0.5, 0.6) is 0 Å². The van der Waals surface area contributed by atoms with E-state index in [2.05, 4.69) is 51.8 Å². The lowest BCUT2D eigenvalue weighted by Gasteiger charge is -2.42. The number of rotatable bonds is 2. The van der Waals surface area contributed by atoms with Crippen molar-refractivity contribution in [3.05, 3.63) is 0 Å². The summed E-state index contributed by atoms with van der Waals surface area (Å²) in [7, 11) is 0. The molecule has 0 saturated heterocycles. The van der Waals surface area contributed by atoms with Crippen LogP contribution in [-0.2, 0) is 0 Å². The Morgan fingerprint density at radius 1 is 1.29 bits per heavy atom. The molecule has 0 aromatic carbocycles. The Balaban J connectivity index is 2.14. The maximum absolute atomic E-state index is 3.47. The van der Waals surface area contributed by atoms with Crippen molar-refractivity contribution in [2.24, 2.45) is 10.8 Å². The fourth-order valence-electron chi connectivity index (χ4n) is 1.92. The van der Waals surface area contributed by atoms with Crippen molar-refractivity contribution in [2.75, 3.05) is 6.54 Å². The highest BCUT2D eigenvalue weighted by molar-refractivity contribution is 5.09. The summed E-state index contributed by atoms with van der Waals surface area (Å²) in [5.41, 5.74) is 0.704. The largest absolute Gasteiger partial charge is 0.303 e. The normalized spacial score (nSPS) is 20.9. The Bertz CT molecular complexity index is 239. The molecule has 1 aliphatic carbocycles. The molecule has 1 saturated carbocycles. The average Bonchev–Trinajstić information content (AvgIpc) is 1.92. The van der Waals surface area contributed by atoms with E-state index in [-0.39, 0.29) is 5.41 Å². The molecule has 0 aliphatic heterocycles. The zero-order valence-corrected chi connectivity index (χ0v) is 10.2. The summed E-state index contributed by atoms with van der Waals surface area (Å²) >= 11 is 0. The van der Waals surface area contributed by atoms with Crippen LogP contribution in [0.15, 0.2) is 0 Å². The van der Waals surface area contributed by atoms with Gasteiger partial charge in [0.25, 0.3) is 0 Å². The van der Waals surface area contributed by atoms with Crippen LogP contribution in [0, 0.1) is 22.7 Å². The zero-order chi connectivity index (χ0) is 10.8. The van der Waals surface area contributed by atoms with E-state index in [1.807, 2.05) is 0 Å². The lowest BCUT2D eigenvalue weighted by molar-refractivity contribution is 0.130. The van der Waals surface area contributed by atoms with E-state index in [1.54, 1.807) is 0 Å². The summed E-state index contributed by atoms with van der Waals surface area (Å²) in [5, 5.41) is 3.47. The fourth-order valence-corrected chi connectivity index (χ4v) is 1.92. The predicted molar refractivity (Wildman–Crippen MR) is 62.0 cm³/mol. The van der Waals surface area contributed by atoms with E-state index in [9.17, 15) is 0 Å². The van der Waals surface area contributed by atoms with Crippen molar-refractivity contribution >= 4 is 0 Å². The van der Waals surface area contributed by atoms with E-state index in [0.29, 0.717) is 11.5 Å². The number of hydrogen-bond acceptors (Lipinski definition) is 1. The molecule has 14 heavy (non-hydrogen) atoms. The van der Waals surface area contributed by atoms with Gasteiger partial charge in [-0.25, -0.2) is 0 Å². The third kappa shape index (κ3) is 4.15. The second-order valence-electron chi connectivity index (χ2n) is 6.20. The zero-order valence-electron chi connectivity index (χ0n) is 10.2. The lowest BCUT2D eigenvalue weighted by atomic mass is 9.68. The van der Waals surface area contributed by atoms with Gasteiger partial charge in [-0.2, -0.15) is 0 Å². The minimum atomic E-state index is 0.139. The van der Waals surface area contributed by atoms with E-state index >= 15 is 0 Å². The van der Waals surface area contributed by atoms with Gasteiger partial charge < -0.3 is 5.32 Å². The molecule has 0 amide bonds. The lowest BCUT2D eigenvalue weighted by Crippen LogP contribution is -2.45. The molecule has 0 bridgehead atoms. The van der Waals surface area contributed by atoms with E-state index in [1.165, 1.54) is 12.8 Å². The van der Waals surface area contributed by atoms with Gasteiger partial charge in [-0.05, 0) is 39.0 Å². The van der Waals surface area contributed by atoms with Gasteiger partial charge in [0, 0.05) is 11.5 Å². The quantitative estimate of drug-likeness (QED) is 0.665. The highest BCUT2D eigenvalue weighted by Gasteiger charge is 2.35. The summed E-state index contributed by atoms with van der Waals surface area (Å²) in [6.07, 6.45) is 2.59. The van der Waals surface area contributed by atoms with Crippen LogP contribution in [0.3, 0.4) is 0 Å². The smallest absolute Gasteiger partial charge is 0.0578 e. The van der Waals surface area contributed by atoms with Gasteiger partial charge in [0.2, 0.25) is 0 Å². The van der Waals surface area contributed by atoms with Crippen molar-refractivity contribution in [3.8, 4) is 11.8 Å². The summed E-state index contributed by atoms with van der Waals surface area (Å²) in [6.45, 7) is 11.9. The van der Waals surface area contributed by atoms with Crippen LogP contribution < -0.4 is 5.32 Å². The van der Waals surface area contributed by atoms with E-state index in [0.717, 1.165) is 6.54 Å². The molecule has 80 valence electrons. The first-order valence-corrected chi connectivity index (χ1v) is 5.52. The molecule has 1 heteroatoms. The van der Waals surface area contributed by atoms with Crippen LogP contribution in [0.4, 0.5) is 0 Å². The standard InChI is InChI=1S/C13H23N/c1-12(2,3)7-6-8-14-11-9-13(4,5)10-11/h11,14H,8-10H2,1-5H3. The van der Waals surface area contributed by atoms with E-state index < -0.39 is 0 Å². The molecular formula is C13H23N. The van der Waals surface area contributed by atoms with Gasteiger partial charge in [0.1, 0.15) is 0 Å². The molecule has 0 atom stereocenters. The Kier molecular flexibility index (Phi) is 3.27. The van der Waals surface area contributed by atoms with Crippen molar-refractivity contribution in [1.82, 2.24) is 5.32 Å². The first-order chi connectivity index (χ1) is 6.29. The number of nitrogens with one attached hydrogen (secondary N) is 1. The van der Waals surface area contributed by atoms with Crippen molar-refractivity contribution < 1.29 is 0 Å². The molecule has 0 heterocycles. The first kappa shape index (κ1) is 11.6. The molecule has 0 radical (unpaired) electrons. The van der Waals surface area contributed by atoms with Gasteiger partial charge in [-0.3, -0.25) is 0 Å². The third-order valence-corrected chi connectivity index (χ3v) is 2.54. The molecule has 0 aromatic heterocycles. The highest BCUT2D eigenvalue weighted by Crippen LogP contribution is 2.39. The van der Waals surface area contributed by atoms with Gasteiger partial charge in [0.05, 0.1) is 6.54 Å². The maximum atomic E-state index is 3.47. The van der Waals surface area contributed by atoms with Gasteiger partial charge in [-0.1, -0.05) is 25.7 Å². The van der Waals surface area contributed by atoms with Gasteiger partial charge >= 0.3 is 0 Å². The molecule has 0 unspecified atom stereocenters. The van der Waals surface area contributed by atoms with Crippen LogP contribution in [-0.4, -0.2) is 12.6 Å². The number of hydrogen-bond donors (Lipinski definition) is 1. The summed E-state index contributed by atoms with van der Waals surface area (Å²) in [6, 6.07) is 0.708. The van der Waals surface area contributed by atoms with Crippen LogP contribution in [0.2, 0.25) is 0 Å². The van der Waals surface area contributed by atoms with Crippen molar-refractivity contribution in [3.63, 3.8) is 0 Å². The minimum Gasteiger partial charge on any atom is -0.303 e. The average molecular weight is 193 g/mol. The van der Waals surface area contributed by atoms with Crippen LogP contribution in [0.25, 0.3) is 0 Å². The Morgan fingerprint density at radius 2 is 1.86 bits per heavy atom. The van der Waals surface area contributed by atoms with E-state index in [4.69, 9.17) is 0 Å². The predicted octanol–water partition coefficient (Wildman–Crippen LogP) is 2.81. The second kappa shape index (κ2) is 3.95. The van der Waals surface area contributed by atoms with Crippen LogP contribution >= 0.6 is 0 Å². The third-order valence-electron chi connectivity index (χ3n) is 2.54. The molecule has 0 spiro atoms. The summed E-state index contributed by atoms with van der Waals surface area (Å²) in [4.78, 5) is 0. The molecule has 1 fully saturated rings. The molecule has 0 aromatic rings. The van der Waals surface area contributed by atoms with Gasteiger partial charge in [-0.15, -0.1) is 0 Å². The molecule has 1 aliphatic rings. The van der Waals surface area contributed by atoms with Gasteiger partial charge in [0.15, 0.2) is 0 Å². The molecule has 1 rings (SSSR count). The van der Waals surface area contributed by atoms with Crippen molar-refractivity contribution in [1.29, 1.82) is 0 Å². The van der Waals surface area contributed by atoms with Crippen LogP contribution in [0.1, 0.15) is 47.5 Å². The summed E-state index contributed by atoms with van der Waals surface area (Å²) < 4.78 is 0. The second-order valence-corrected chi connectivity index (χ2v) is 6.20. The Hall–Kier alpha value is -0.480. The topological polar surface area (TPSA) is 12.0 Å². The fraction of sp³-hybridized carbons (Fsp3) is 0.846. The monoisotopic (exact) mass is 193 g/mol.